The van der Waals surface area contributed by atoms with Gasteiger partial charge in [0.1, 0.15) is 0 Å². The third kappa shape index (κ3) is 3.35. The van der Waals surface area contributed by atoms with Crippen LogP contribution in [0.3, 0.4) is 0 Å². The Morgan fingerprint density at radius 1 is 1.27 bits per heavy atom. The van der Waals surface area contributed by atoms with E-state index in [2.05, 4.69) is 47.0 Å². The maximum atomic E-state index is 12.2. The van der Waals surface area contributed by atoms with E-state index in [9.17, 15) is 4.79 Å². The van der Waals surface area contributed by atoms with Gasteiger partial charge >= 0.3 is 0 Å². The third-order valence-electron chi connectivity index (χ3n) is 4.83. The van der Waals surface area contributed by atoms with E-state index in [-0.39, 0.29) is 18.0 Å². The standard InChI is InChI=1S/C21H24N4O/c1-4-18-12-20(24-22)19-11-17(9-10-21(19)25(18)14(2)26)16-7-5-15(6-8-16)13-23-3/h1,5-11,18,20,23-24H,12-13,22H2,2-3H3/t18-,20+/m0/s1. The van der Waals surface area contributed by atoms with Crippen LogP contribution >= 0.6 is 0 Å². The van der Waals surface area contributed by atoms with Crippen molar-refractivity contribution in [3.05, 3.63) is 53.6 Å². The molecule has 2 aromatic carbocycles. The summed E-state index contributed by atoms with van der Waals surface area (Å²) in [6, 6.07) is 14.1. The summed E-state index contributed by atoms with van der Waals surface area (Å²) in [4.78, 5) is 13.8. The molecule has 3 rings (SSSR count). The Labute approximate surface area is 154 Å². The Morgan fingerprint density at radius 2 is 1.96 bits per heavy atom. The third-order valence-corrected chi connectivity index (χ3v) is 4.83. The molecular formula is C21H24N4O. The predicted octanol–water partition coefficient (Wildman–Crippen LogP) is 2.34. The van der Waals surface area contributed by atoms with Crippen LogP contribution in [0.4, 0.5) is 5.69 Å². The Hall–Kier alpha value is -2.65. The van der Waals surface area contributed by atoms with E-state index in [1.165, 1.54) is 5.56 Å². The molecule has 0 saturated heterocycles. The number of hydrogen-bond donors (Lipinski definition) is 3. The molecule has 2 aromatic rings. The van der Waals surface area contributed by atoms with Gasteiger partial charge in [0.05, 0.1) is 12.1 Å². The zero-order chi connectivity index (χ0) is 18.7. The van der Waals surface area contributed by atoms with Gasteiger partial charge in [0.25, 0.3) is 0 Å². The van der Waals surface area contributed by atoms with Crippen LogP contribution in [0.15, 0.2) is 42.5 Å². The largest absolute Gasteiger partial charge is 0.316 e. The molecule has 134 valence electrons. The summed E-state index contributed by atoms with van der Waals surface area (Å²) < 4.78 is 0. The summed E-state index contributed by atoms with van der Waals surface area (Å²) in [5.74, 6) is 8.42. The number of nitrogens with one attached hydrogen (secondary N) is 2. The fourth-order valence-corrected chi connectivity index (χ4v) is 3.56. The van der Waals surface area contributed by atoms with Crippen molar-refractivity contribution < 1.29 is 4.79 Å². The molecule has 1 amide bonds. The maximum absolute atomic E-state index is 12.2. The van der Waals surface area contributed by atoms with Crippen molar-refractivity contribution in [3.63, 3.8) is 0 Å². The summed E-state index contributed by atoms with van der Waals surface area (Å²) in [6.07, 6.45) is 6.24. The first-order valence-electron chi connectivity index (χ1n) is 8.69. The van der Waals surface area contributed by atoms with Crippen LogP contribution in [-0.2, 0) is 11.3 Å². The lowest BCUT2D eigenvalue weighted by Gasteiger charge is -2.38. The smallest absolute Gasteiger partial charge is 0.224 e. The topological polar surface area (TPSA) is 70.4 Å². The highest BCUT2D eigenvalue weighted by Gasteiger charge is 2.33. The summed E-state index contributed by atoms with van der Waals surface area (Å²) >= 11 is 0. The normalized spacial score (nSPS) is 18.9. The number of nitrogens with zero attached hydrogens (tertiary/aromatic N) is 1. The van der Waals surface area contributed by atoms with Gasteiger partial charge in [-0.2, -0.15) is 0 Å². The number of terminal acetylenes is 1. The summed E-state index contributed by atoms with van der Waals surface area (Å²) in [5, 5.41) is 3.15. The second-order valence-electron chi connectivity index (χ2n) is 6.53. The van der Waals surface area contributed by atoms with Crippen LogP contribution in [0.2, 0.25) is 0 Å². The van der Waals surface area contributed by atoms with Crippen molar-refractivity contribution in [2.45, 2.75) is 32.0 Å². The van der Waals surface area contributed by atoms with Gasteiger partial charge < -0.3 is 5.32 Å². The molecular weight excluding hydrogens is 324 g/mol. The number of nitrogens with two attached hydrogens (primary N) is 1. The van der Waals surface area contributed by atoms with Gasteiger partial charge in [-0.1, -0.05) is 36.3 Å². The van der Waals surface area contributed by atoms with E-state index in [0.717, 1.165) is 28.9 Å². The molecule has 0 aromatic heterocycles. The van der Waals surface area contributed by atoms with Gasteiger partial charge in [0, 0.05) is 25.6 Å². The minimum atomic E-state index is -0.298. The van der Waals surface area contributed by atoms with Crippen LogP contribution in [0.25, 0.3) is 11.1 Å². The first-order chi connectivity index (χ1) is 12.6. The van der Waals surface area contributed by atoms with Crippen LogP contribution in [-0.4, -0.2) is 19.0 Å². The second-order valence-corrected chi connectivity index (χ2v) is 6.53. The molecule has 0 bridgehead atoms. The van der Waals surface area contributed by atoms with Crippen molar-refractivity contribution >= 4 is 11.6 Å². The molecule has 0 aliphatic carbocycles. The van der Waals surface area contributed by atoms with Gasteiger partial charge in [0.2, 0.25) is 5.91 Å². The quantitative estimate of drug-likeness (QED) is 0.451. The number of carbonyl (C=O) groups is 1. The number of anilines is 1. The van der Waals surface area contributed by atoms with Crippen LogP contribution < -0.4 is 21.5 Å². The lowest BCUT2D eigenvalue weighted by molar-refractivity contribution is -0.117. The molecule has 1 aliphatic heterocycles. The molecule has 0 spiro atoms. The number of rotatable bonds is 4. The minimum absolute atomic E-state index is 0.0613. The van der Waals surface area contributed by atoms with Crippen LogP contribution in [0.5, 0.6) is 0 Å². The van der Waals surface area contributed by atoms with E-state index in [4.69, 9.17) is 12.3 Å². The second kappa shape index (κ2) is 7.71. The number of amides is 1. The fraction of sp³-hybridized carbons (Fsp3) is 0.286. The first-order valence-corrected chi connectivity index (χ1v) is 8.69. The molecule has 0 fully saturated rings. The van der Waals surface area contributed by atoms with Gasteiger partial charge in [0.15, 0.2) is 0 Å². The average Bonchev–Trinajstić information content (AvgIpc) is 2.66. The minimum Gasteiger partial charge on any atom is -0.316 e. The van der Waals surface area contributed by atoms with Crippen molar-refractivity contribution in [1.82, 2.24) is 10.7 Å². The van der Waals surface area contributed by atoms with E-state index in [0.29, 0.717) is 6.42 Å². The van der Waals surface area contributed by atoms with E-state index in [1.54, 1.807) is 11.8 Å². The SMILES string of the molecule is C#C[C@H]1C[C@@H](NN)c2cc(-c3ccc(CNC)cc3)ccc2N1C(C)=O. The maximum Gasteiger partial charge on any atom is 0.224 e. The van der Waals surface area contributed by atoms with Crippen molar-refractivity contribution in [3.8, 4) is 23.5 Å². The van der Waals surface area contributed by atoms with Gasteiger partial charge in [-0.15, -0.1) is 6.42 Å². The predicted molar refractivity (Wildman–Crippen MR) is 105 cm³/mol. The number of fused-ring (bicyclic) bond motifs is 1. The van der Waals surface area contributed by atoms with E-state index in [1.807, 2.05) is 19.2 Å². The zero-order valence-corrected chi connectivity index (χ0v) is 15.1. The highest BCUT2D eigenvalue weighted by Crippen LogP contribution is 2.39. The molecule has 26 heavy (non-hydrogen) atoms. The number of benzene rings is 2. The Morgan fingerprint density at radius 3 is 2.54 bits per heavy atom. The highest BCUT2D eigenvalue weighted by molar-refractivity contribution is 5.95. The van der Waals surface area contributed by atoms with E-state index >= 15 is 0 Å². The molecule has 5 heteroatoms. The Kier molecular flexibility index (Phi) is 5.38. The summed E-state index contributed by atoms with van der Waals surface area (Å²) in [6.45, 7) is 2.38. The summed E-state index contributed by atoms with van der Waals surface area (Å²) in [7, 11) is 1.93. The molecule has 0 radical (unpaired) electrons. The highest BCUT2D eigenvalue weighted by atomic mass is 16.2. The van der Waals surface area contributed by atoms with Crippen LogP contribution in [0, 0.1) is 12.3 Å². The van der Waals surface area contributed by atoms with Crippen molar-refractivity contribution in [2.75, 3.05) is 11.9 Å². The molecule has 1 aliphatic rings. The zero-order valence-electron chi connectivity index (χ0n) is 15.1. The van der Waals surface area contributed by atoms with E-state index < -0.39 is 0 Å². The van der Waals surface area contributed by atoms with Crippen molar-refractivity contribution in [1.29, 1.82) is 0 Å². The summed E-state index contributed by atoms with van der Waals surface area (Å²) in [5.41, 5.74) is 8.10. The lowest BCUT2D eigenvalue weighted by atomic mass is 9.89. The lowest BCUT2D eigenvalue weighted by Crippen LogP contribution is -2.46. The van der Waals surface area contributed by atoms with Gasteiger partial charge in [-0.25, -0.2) is 0 Å². The molecule has 1 heterocycles. The monoisotopic (exact) mass is 348 g/mol. The molecule has 0 saturated carbocycles. The fourth-order valence-electron chi connectivity index (χ4n) is 3.56. The Balaban J connectivity index is 2.03. The molecule has 4 N–H and O–H groups in total. The molecule has 2 atom stereocenters. The molecule has 5 nitrogen and oxygen atoms in total. The van der Waals surface area contributed by atoms with Crippen molar-refractivity contribution in [2.24, 2.45) is 5.84 Å². The molecule has 0 unspecified atom stereocenters. The number of carbonyl (C=O) groups excluding carboxylic acids is 1. The van der Waals surface area contributed by atoms with Crippen LogP contribution in [0.1, 0.15) is 30.5 Å². The van der Waals surface area contributed by atoms with Gasteiger partial charge in [-0.05, 0) is 41.4 Å². The average molecular weight is 348 g/mol. The Bertz CT molecular complexity index is 838. The van der Waals surface area contributed by atoms with Gasteiger partial charge in [-0.3, -0.25) is 21.0 Å². The number of hydrazine groups is 1. The first kappa shape index (κ1) is 18.2. The number of hydrogen-bond acceptors (Lipinski definition) is 4.